The van der Waals surface area contributed by atoms with Crippen LogP contribution >= 0.6 is 0 Å². The van der Waals surface area contributed by atoms with Crippen molar-refractivity contribution in [2.24, 2.45) is 5.92 Å². The van der Waals surface area contributed by atoms with Crippen LogP contribution in [0.5, 0.6) is 0 Å². The number of benzene rings is 1. The zero-order chi connectivity index (χ0) is 23.7. The van der Waals surface area contributed by atoms with E-state index in [9.17, 15) is 18.8 Å². The van der Waals surface area contributed by atoms with Gasteiger partial charge < -0.3 is 15.0 Å². The number of hydrogen-bond acceptors (Lipinski definition) is 5. The lowest BCUT2D eigenvalue weighted by Gasteiger charge is -2.42. The van der Waals surface area contributed by atoms with E-state index in [1.54, 1.807) is 26.1 Å². The van der Waals surface area contributed by atoms with Crippen LogP contribution in [0.25, 0.3) is 0 Å². The molecule has 178 valence electrons. The lowest BCUT2D eigenvalue weighted by molar-refractivity contribution is -0.139. The van der Waals surface area contributed by atoms with E-state index in [0.717, 1.165) is 12.8 Å². The Morgan fingerprint density at radius 2 is 1.88 bits per heavy atom. The van der Waals surface area contributed by atoms with Gasteiger partial charge in [-0.15, -0.1) is 0 Å². The van der Waals surface area contributed by atoms with E-state index in [0.29, 0.717) is 43.0 Å². The summed E-state index contributed by atoms with van der Waals surface area (Å²) < 4.78 is 18.8. The fraction of sp³-hybridized carbons (Fsp3) is 0.542. The number of ether oxygens (including phenoxy) is 1. The normalized spacial score (nSPS) is 24.1. The van der Waals surface area contributed by atoms with E-state index >= 15 is 0 Å². The Morgan fingerprint density at radius 1 is 1.18 bits per heavy atom. The number of nitrogens with one attached hydrogen (secondary N) is 1. The van der Waals surface area contributed by atoms with Crippen LogP contribution in [0.3, 0.4) is 0 Å². The van der Waals surface area contributed by atoms with Crippen molar-refractivity contribution in [3.63, 3.8) is 0 Å². The molecule has 1 aromatic carbocycles. The van der Waals surface area contributed by atoms with Crippen LogP contribution < -0.4 is 5.32 Å². The first-order valence-corrected chi connectivity index (χ1v) is 11.5. The molecule has 0 aromatic heterocycles. The summed E-state index contributed by atoms with van der Waals surface area (Å²) in [4.78, 5) is 43.9. The summed E-state index contributed by atoms with van der Waals surface area (Å²) in [7, 11) is 1.63. The minimum Gasteiger partial charge on any atom is -0.463 e. The Hall–Kier alpha value is -2.94. The molecule has 2 aliphatic heterocycles. The van der Waals surface area contributed by atoms with Gasteiger partial charge in [0.25, 0.3) is 0 Å². The van der Waals surface area contributed by atoms with Crippen LogP contribution in [0.2, 0.25) is 0 Å². The molecule has 0 unspecified atom stereocenters. The molecule has 3 amide bonds. The third-order valence-electron chi connectivity index (χ3n) is 6.57. The van der Waals surface area contributed by atoms with Gasteiger partial charge in [-0.3, -0.25) is 14.6 Å². The average Bonchev–Trinajstić information content (AvgIpc) is 3.62. The number of hydrogen-bond donors (Lipinski definition) is 1. The van der Waals surface area contributed by atoms with Crippen molar-refractivity contribution in [1.82, 2.24) is 20.0 Å². The van der Waals surface area contributed by atoms with E-state index in [4.69, 9.17) is 4.74 Å². The third kappa shape index (κ3) is 4.88. The van der Waals surface area contributed by atoms with Crippen LogP contribution in [0.15, 0.2) is 35.5 Å². The van der Waals surface area contributed by atoms with Gasteiger partial charge in [-0.1, -0.05) is 12.1 Å². The van der Waals surface area contributed by atoms with Crippen molar-refractivity contribution in [2.75, 3.05) is 39.8 Å². The van der Waals surface area contributed by atoms with E-state index in [1.807, 2.05) is 11.8 Å². The quantitative estimate of drug-likeness (QED) is 0.662. The molecule has 0 spiro atoms. The Bertz CT molecular complexity index is 960. The molecule has 1 saturated carbocycles. The molecule has 1 aromatic rings. The first kappa shape index (κ1) is 23.2. The van der Waals surface area contributed by atoms with E-state index in [2.05, 4.69) is 10.2 Å². The maximum absolute atomic E-state index is 13.5. The van der Waals surface area contributed by atoms with Gasteiger partial charge in [0, 0.05) is 50.9 Å². The zero-order valence-electron chi connectivity index (χ0n) is 19.3. The second kappa shape index (κ2) is 9.51. The Labute approximate surface area is 193 Å². The minimum atomic E-state index is -0.737. The molecule has 8 nitrogen and oxygen atoms in total. The number of carbonyl (C=O) groups excluding carboxylic acids is 3. The average molecular weight is 459 g/mol. The second-order valence-electron chi connectivity index (χ2n) is 8.96. The van der Waals surface area contributed by atoms with E-state index < -0.39 is 17.8 Å². The molecule has 4 rings (SSSR count). The summed E-state index contributed by atoms with van der Waals surface area (Å²) in [5.41, 5.74) is 1.50. The number of halogens is 1. The molecule has 1 N–H and O–H groups in total. The predicted octanol–water partition coefficient (Wildman–Crippen LogP) is 2.28. The molecule has 0 radical (unpaired) electrons. The van der Waals surface area contributed by atoms with Gasteiger partial charge in [-0.25, -0.2) is 14.0 Å². The number of nitrogens with zero attached hydrogens (tertiary/aromatic N) is 3. The number of rotatable bonds is 6. The van der Waals surface area contributed by atoms with Gasteiger partial charge in [0.05, 0.1) is 18.2 Å². The fourth-order valence-corrected chi connectivity index (χ4v) is 4.58. The second-order valence-corrected chi connectivity index (χ2v) is 8.96. The van der Waals surface area contributed by atoms with Crippen LogP contribution in [0.1, 0.15) is 38.3 Å². The maximum atomic E-state index is 13.5. The van der Waals surface area contributed by atoms with Gasteiger partial charge in [0.1, 0.15) is 5.82 Å². The maximum Gasteiger partial charge on any atom is 0.338 e. The lowest BCUT2D eigenvalue weighted by Crippen LogP contribution is -2.56. The van der Waals surface area contributed by atoms with Crippen LogP contribution in [-0.4, -0.2) is 78.5 Å². The first-order valence-electron chi connectivity index (χ1n) is 11.5. The van der Waals surface area contributed by atoms with Crippen LogP contribution in [0.4, 0.5) is 9.18 Å². The van der Waals surface area contributed by atoms with Crippen molar-refractivity contribution < 1.29 is 23.5 Å². The SMILES string of the molecule is CCOC(=O)C1=C(CN2CCN(C(=O)C3CC3)[C@@H](C)C2)N(C)C(=O)N[C@H]1c1ccc(F)cc1. The number of likely N-dealkylation sites (N-methyl/N-ethyl adjacent to an activating group) is 1. The Balaban J connectivity index is 1.62. The molecular formula is C24H31FN4O4. The van der Waals surface area contributed by atoms with Crippen LogP contribution in [-0.2, 0) is 14.3 Å². The van der Waals surface area contributed by atoms with Crippen molar-refractivity contribution in [1.29, 1.82) is 0 Å². The summed E-state index contributed by atoms with van der Waals surface area (Å²) in [6.45, 7) is 6.25. The molecular weight excluding hydrogens is 427 g/mol. The highest BCUT2D eigenvalue weighted by atomic mass is 19.1. The third-order valence-corrected chi connectivity index (χ3v) is 6.57. The van der Waals surface area contributed by atoms with E-state index in [1.165, 1.54) is 17.0 Å². The smallest absolute Gasteiger partial charge is 0.338 e. The molecule has 1 aliphatic carbocycles. The van der Waals surface area contributed by atoms with Gasteiger partial charge in [-0.2, -0.15) is 0 Å². The van der Waals surface area contributed by atoms with Crippen molar-refractivity contribution in [3.8, 4) is 0 Å². The molecule has 0 bridgehead atoms. The number of esters is 1. The van der Waals surface area contributed by atoms with Gasteiger partial charge in [-0.05, 0) is 44.4 Å². The van der Waals surface area contributed by atoms with Gasteiger partial charge in [0.2, 0.25) is 5.91 Å². The number of urea groups is 1. The summed E-state index contributed by atoms with van der Waals surface area (Å²) in [5, 5.41) is 2.84. The van der Waals surface area contributed by atoms with Crippen LogP contribution in [0, 0.1) is 11.7 Å². The first-order chi connectivity index (χ1) is 15.8. The largest absolute Gasteiger partial charge is 0.463 e. The van der Waals surface area contributed by atoms with Crippen molar-refractivity contribution in [2.45, 2.75) is 38.8 Å². The van der Waals surface area contributed by atoms with E-state index in [-0.39, 0.29) is 30.5 Å². The monoisotopic (exact) mass is 458 g/mol. The summed E-state index contributed by atoms with van der Waals surface area (Å²) in [6, 6.07) is 4.70. The molecule has 2 fully saturated rings. The lowest BCUT2D eigenvalue weighted by atomic mass is 9.94. The molecule has 9 heteroatoms. The summed E-state index contributed by atoms with van der Waals surface area (Å²) >= 11 is 0. The van der Waals surface area contributed by atoms with Crippen molar-refractivity contribution in [3.05, 3.63) is 46.9 Å². The molecule has 2 heterocycles. The Morgan fingerprint density at radius 3 is 2.48 bits per heavy atom. The summed E-state index contributed by atoms with van der Waals surface area (Å²) in [5.74, 6) is -0.488. The van der Waals surface area contributed by atoms with Gasteiger partial charge >= 0.3 is 12.0 Å². The Kier molecular flexibility index (Phi) is 6.69. The predicted molar refractivity (Wildman–Crippen MR) is 119 cm³/mol. The highest BCUT2D eigenvalue weighted by Gasteiger charge is 2.40. The number of amides is 3. The number of piperazine rings is 1. The highest BCUT2D eigenvalue weighted by Crippen LogP contribution is 2.34. The fourth-order valence-electron chi connectivity index (χ4n) is 4.58. The zero-order valence-corrected chi connectivity index (χ0v) is 19.3. The van der Waals surface area contributed by atoms with Crippen molar-refractivity contribution >= 4 is 17.9 Å². The minimum absolute atomic E-state index is 0.0501. The molecule has 1 saturated heterocycles. The summed E-state index contributed by atoms with van der Waals surface area (Å²) in [6.07, 6.45) is 1.96. The molecule has 33 heavy (non-hydrogen) atoms. The molecule has 3 aliphatic rings. The highest BCUT2D eigenvalue weighted by molar-refractivity contribution is 5.95. The standard InChI is InChI=1S/C24H31FN4O4/c1-4-33-23(31)20-19(14-28-11-12-29(15(2)13-28)22(30)17-5-6-17)27(3)24(32)26-21(20)16-7-9-18(25)10-8-16/h7-10,15,17,21H,4-6,11-14H2,1-3H3,(H,26,32)/t15-,21-/m0/s1. The topological polar surface area (TPSA) is 82.2 Å². The molecule has 2 atom stereocenters. The van der Waals surface area contributed by atoms with Gasteiger partial charge in [0.15, 0.2) is 0 Å². The number of carbonyl (C=O) groups is 3.